The van der Waals surface area contributed by atoms with Gasteiger partial charge in [0, 0.05) is 10.7 Å². The quantitative estimate of drug-likeness (QED) is 0.808. The first-order chi connectivity index (χ1) is 6.81. The molecule has 1 aliphatic rings. The first kappa shape index (κ1) is 9.67. The number of rotatable bonds is 2. The zero-order valence-corrected chi connectivity index (χ0v) is 9.37. The maximum absolute atomic E-state index is 9.10. The number of nitrogens with zero attached hydrogens (tertiary/aromatic N) is 2. The highest BCUT2D eigenvalue weighted by molar-refractivity contribution is 9.10. The molecule has 1 heterocycles. The van der Waals surface area contributed by atoms with Gasteiger partial charge in [-0.2, -0.15) is 5.26 Å². The van der Waals surface area contributed by atoms with Crippen molar-refractivity contribution in [2.24, 2.45) is 5.92 Å². The van der Waals surface area contributed by atoms with E-state index >= 15 is 0 Å². The van der Waals surface area contributed by atoms with Crippen LogP contribution >= 0.6 is 15.9 Å². The molecular formula is C11H11BrN2. The van der Waals surface area contributed by atoms with Gasteiger partial charge >= 0.3 is 0 Å². The Bertz CT molecular complexity index is 366. The maximum Gasteiger partial charge on any atom is 0.0913 e. The van der Waals surface area contributed by atoms with Crippen LogP contribution in [0.3, 0.4) is 0 Å². The number of halogens is 1. The molecule has 0 N–H and O–H groups in total. The molecule has 0 bridgehead atoms. The first-order valence-electron chi connectivity index (χ1n) is 4.82. The number of hydrogen-bond acceptors (Lipinski definition) is 2. The van der Waals surface area contributed by atoms with Crippen molar-refractivity contribution >= 4 is 15.9 Å². The lowest BCUT2D eigenvalue weighted by atomic mass is 9.75. The zero-order chi connectivity index (χ0) is 9.97. The van der Waals surface area contributed by atoms with Gasteiger partial charge in [0.2, 0.25) is 0 Å². The minimum absolute atomic E-state index is 0.0127. The van der Waals surface area contributed by atoms with E-state index in [1.165, 1.54) is 19.3 Å². The van der Waals surface area contributed by atoms with E-state index in [9.17, 15) is 0 Å². The topological polar surface area (TPSA) is 36.7 Å². The van der Waals surface area contributed by atoms with Gasteiger partial charge in [-0.3, -0.25) is 4.98 Å². The third-order valence-electron chi connectivity index (χ3n) is 2.82. The summed E-state index contributed by atoms with van der Waals surface area (Å²) in [7, 11) is 0. The maximum atomic E-state index is 9.10. The lowest BCUT2D eigenvalue weighted by Crippen LogP contribution is -2.19. The monoisotopic (exact) mass is 250 g/mol. The van der Waals surface area contributed by atoms with Crippen LogP contribution in [0, 0.1) is 17.2 Å². The molecule has 1 aliphatic carbocycles. The van der Waals surface area contributed by atoms with Gasteiger partial charge in [-0.15, -0.1) is 0 Å². The summed E-state index contributed by atoms with van der Waals surface area (Å²) in [5.74, 6) is 0.517. The lowest BCUT2D eigenvalue weighted by molar-refractivity contribution is 0.289. The van der Waals surface area contributed by atoms with Crippen LogP contribution in [-0.2, 0) is 0 Å². The Morgan fingerprint density at radius 2 is 2.36 bits per heavy atom. The molecule has 1 saturated carbocycles. The van der Waals surface area contributed by atoms with Crippen molar-refractivity contribution in [2.45, 2.75) is 25.2 Å². The third kappa shape index (κ3) is 1.80. The highest BCUT2D eigenvalue weighted by atomic mass is 79.9. The summed E-state index contributed by atoms with van der Waals surface area (Å²) in [5, 5.41) is 9.10. The van der Waals surface area contributed by atoms with Crippen LogP contribution in [0.25, 0.3) is 0 Å². The molecule has 0 radical (unpaired) electrons. The van der Waals surface area contributed by atoms with Crippen molar-refractivity contribution in [2.75, 3.05) is 0 Å². The Labute approximate surface area is 92.1 Å². The van der Waals surface area contributed by atoms with E-state index in [1.54, 1.807) is 6.20 Å². The Balaban J connectivity index is 2.23. The first-order valence-corrected chi connectivity index (χ1v) is 5.61. The molecule has 1 fully saturated rings. The molecule has 1 aromatic heterocycles. The van der Waals surface area contributed by atoms with Gasteiger partial charge in [0.15, 0.2) is 0 Å². The lowest BCUT2D eigenvalue weighted by Gasteiger charge is -2.29. The van der Waals surface area contributed by atoms with Gasteiger partial charge in [0.25, 0.3) is 0 Å². The molecule has 14 heavy (non-hydrogen) atoms. The number of pyridine rings is 1. The second-order valence-electron chi connectivity index (χ2n) is 3.70. The fourth-order valence-corrected chi connectivity index (χ4v) is 2.13. The third-order valence-corrected chi connectivity index (χ3v) is 3.32. The standard InChI is InChI=1S/C11H11BrN2/c12-9-4-5-14-11(6-9)10(7-13)8-2-1-3-8/h4-6,8,10H,1-3H2. The average Bonchev–Trinajstić information content (AvgIpc) is 2.10. The molecule has 0 amide bonds. The number of aromatic nitrogens is 1. The molecule has 1 aromatic rings. The summed E-state index contributed by atoms with van der Waals surface area (Å²) in [4.78, 5) is 4.26. The number of nitriles is 1. The molecule has 0 aliphatic heterocycles. The summed E-state index contributed by atoms with van der Waals surface area (Å²) >= 11 is 3.40. The molecule has 72 valence electrons. The van der Waals surface area contributed by atoms with Gasteiger partial charge in [-0.05, 0) is 30.9 Å². The summed E-state index contributed by atoms with van der Waals surface area (Å²) in [5.41, 5.74) is 0.909. The summed E-state index contributed by atoms with van der Waals surface area (Å²) in [6.45, 7) is 0. The summed E-state index contributed by atoms with van der Waals surface area (Å²) in [6.07, 6.45) is 5.36. The molecule has 1 atom stereocenters. The van der Waals surface area contributed by atoms with E-state index < -0.39 is 0 Å². The molecule has 3 heteroatoms. The molecule has 0 spiro atoms. The molecule has 2 nitrogen and oxygen atoms in total. The van der Waals surface area contributed by atoms with Crippen LogP contribution in [0.4, 0.5) is 0 Å². The van der Waals surface area contributed by atoms with Crippen LogP contribution in [0.15, 0.2) is 22.8 Å². The SMILES string of the molecule is N#CC(c1cc(Br)ccn1)C1CCC1. The van der Waals surface area contributed by atoms with Crippen molar-refractivity contribution in [3.63, 3.8) is 0 Å². The van der Waals surface area contributed by atoms with Gasteiger partial charge in [0.1, 0.15) is 0 Å². The van der Waals surface area contributed by atoms with E-state index in [2.05, 4.69) is 27.0 Å². The van der Waals surface area contributed by atoms with Crippen molar-refractivity contribution in [3.8, 4) is 6.07 Å². The van der Waals surface area contributed by atoms with Crippen molar-refractivity contribution in [1.82, 2.24) is 4.98 Å². The van der Waals surface area contributed by atoms with Crippen molar-refractivity contribution in [1.29, 1.82) is 5.26 Å². The second kappa shape index (κ2) is 4.10. The molecule has 0 aromatic carbocycles. The highest BCUT2D eigenvalue weighted by Gasteiger charge is 2.29. The van der Waals surface area contributed by atoms with Gasteiger partial charge in [-0.1, -0.05) is 22.4 Å². The van der Waals surface area contributed by atoms with Crippen LogP contribution in [0.2, 0.25) is 0 Å². The van der Waals surface area contributed by atoms with Crippen LogP contribution < -0.4 is 0 Å². The van der Waals surface area contributed by atoms with Gasteiger partial charge < -0.3 is 0 Å². The van der Waals surface area contributed by atoms with Crippen molar-refractivity contribution < 1.29 is 0 Å². The summed E-state index contributed by atoms with van der Waals surface area (Å²) in [6, 6.07) is 6.20. The van der Waals surface area contributed by atoms with Gasteiger partial charge in [0.05, 0.1) is 17.7 Å². The fourth-order valence-electron chi connectivity index (χ4n) is 1.78. The van der Waals surface area contributed by atoms with E-state index in [0.717, 1.165) is 10.2 Å². The zero-order valence-electron chi connectivity index (χ0n) is 7.78. The van der Waals surface area contributed by atoms with Crippen LogP contribution in [0.1, 0.15) is 30.9 Å². The molecular weight excluding hydrogens is 240 g/mol. The minimum atomic E-state index is -0.0127. The van der Waals surface area contributed by atoms with Gasteiger partial charge in [-0.25, -0.2) is 0 Å². The Morgan fingerprint density at radius 1 is 1.57 bits per heavy atom. The predicted octanol–water partition coefficient (Wildman–Crippen LogP) is 3.25. The van der Waals surface area contributed by atoms with Crippen LogP contribution in [0.5, 0.6) is 0 Å². The number of hydrogen-bond donors (Lipinski definition) is 0. The van der Waals surface area contributed by atoms with E-state index in [-0.39, 0.29) is 5.92 Å². The van der Waals surface area contributed by atoms with Crippen molar-refractivity contribution in [3.05, 3.63) is 28.5 Å². The second-order valence-corrected chi connectivity index (χ2v) is 4.61. The normalized spacial score (nSPS) is 18.3. The Kier molecular flexibility index (Phi) is 2.83. The van der Waals surface area contributed by atoms with Crippen LogP contribution in [-0.4, -0.2) is 4.98 Å². The molecule has 2 rings (SSSR count). The fraction of sp³-hybridized carbons (Fsp3) is 0.455. The predicted molar refractivity (Wildman–Crippen MR) is 57.6 cm³/mol. The van der Waals surface area contributed by atoms with E-state index in [4.69, 9.17) is 5.26 Å². The minimum Gasteiger partial charge on any atom is -0.260 e. The molecule has 1 unspecified atom stereocenters. The molecule has 0 saturated heterocycles. The van der Waals surface area contributed by atoms with E-state index in [1.807, 2.05) is 12.1 Å². The summed E-state index contributed by atoms with van der Waals surface area (Å²) < 4.78 is 1.00. The smallest absolute Gasteiger partial charge is 0.0913 e. The Hall–Kier alpha value is -0.880. The highest BCUT2D eigenvalue weighted by Crippen LogP contribution is 2.38. The Morgan fingerprint density at radius 3 is 2.86 bits per heavy atom. The van der Waals surface area contributed by atoms with E-state index in [0.29, 0.717) is 5.92 Å². The largest absolute Gasteiger partial charge is 0.260 e. The average molecular weight is 251 g/mol.